The summed E-state index contributed by atoms with van der Waals surface area (Å²) in [5.74, 6) is 0. The molecule has 0 aliphatic rings. The molecule has 0 nitrogen and oxygen atoms in total. The van der Waals surface area contributed by atoms with Crippen LogP contribution in [0.3, 0.4) is 0 Å². The van der Waals surface area contributed by atoms with Gasteiger partial charge in [0.15, 0.2) is 4.27 Å². The Bertz CT molecular complexity index is 23.0. The maximum atomic E-state index is 6.23. The van der Waals surface area contributed by atoms with Crippen molar-refractivity contribution in [1.82, 2.24) is 0 Å². The predicted molar refractivity (Wildman–Crippen MR) is 28.6 cm³/mol. The third-order valence-electron chi connectivity index (χ3n) is 0. The molecule has 0 amide bonds. The molecule has 0 N–H and O–H groups in total. The Hall–Kier alpha value is 1.16. The van der Waals surface area contributed by atoms with Crippen LogP contribution in [0.4, 0.5) is 0 Å². The highest BCUT2D eigenvalue weighted by atomic mass is 35.6. The van der Waals surface area contributed by atoms with Crippen LogP contribution in [0, 0.1) is 0 Å². The summed E-state index contributed by atoms with van der Waals surface area (Å²) < 4.78 is 4.40. The van der Waals surface area contributed by atoms with Crippen molar-refractivity contribution in [2.24, 2.45) is 0 Å². The van der Waals surface area contributed by atoms with Gasteiger partial charge in [-0.15, -0.1) is 12.4 Å². The topological polar surface area (TPSA) is 0 Å². The largest absolute Gasteiger partial charge is 0.180 e. The Morgan fingerprint density at radius 2 is 1.40 bits per heavy atom. The lowest BCUT2D eigenvalue weighted by Crippen LogP contribution is -1.55. The lowest BCUT2D eigenvalue weighted by Gasteiger charge is -1.69. The highest BCUT2D eigenvalue weighted by molar-refractivity contribution is 6.63. The SMILES string of the molecule is Cl.[2H]C(Cl)(Cl)Cl. The first-order valence-electron chi connectivity index (χ1n) is 1.07. The van der Waals surface area contributed by atoms with Crippen molar-refractivity contribution in [3.63, 3.8) is 0 Å². The summed E-state index contributed by atoms with van der Waals surface area (Å²) in [6.07, 6.45) is 0. The monoisotopic (exact) mass is 155 g/mol. The zero-order chi connectivity index (χ0) is 4.50. The van der Waals surface area contributed by atoms with Gasteiger partial charge in [-0.2, -0.15) is 0 Å². The first kappa shape index (κ1) is 6.16. The average molecular weight is 157 g/mol. The third-order valence-corrected chi connectivity index (χ3v) is 0. The first-order valence-corrected chi connectivity index (χ1v) is 1.70. The van der Waals surface area contributed by atoms with E-state index in [4.69, 9.17) is 36.2 Å². The molecule has 0 aromatic heterocycles. The molecule has 0 saturated heterocycles. The molecule has 34 valence electrons. The van der Waals surface area contributed by atoms with E-state index in [1.807, 2.05) is 0 Å². The second kappa shape index (κ2) is 5.16. The fourth-order valence-corrected chi connectivity index (χ4v) is 0. The minimum atomic E-state index is -1.83. The van der Waals surface area contributed by atoms with Crippen LogP contribution in [-0.2, 0) is 0 Å². The standard InChI is InChI=1S/CHCl3.ClH/c2-1(3)4;/h1H;1H/i1D;. The number of halogens is 4. The van der Waals surface area contributed by atoms with Crippen molar-refractivity contribution in [1.29, 1.82) is 0 Å². The summed E-state index contributed by atoms with van der Waals surface area (Å²) in [5, 5.41) is 0. The average Bonchev–Trinajstić information content (AvgIpc) is 0.722. The van der Waals surface area contributed by atoms with Gasteiger partial charge >= 0.3 is 0 Å². The second-order valence-corrected chi connectivity index (χ2v) is 1.93. The van der Waals surface area contributed by atoms with Crippen LogP contribution in [0.25, 0.3) is 0 Å². The van der Waals surface area contributed by atoms with Gasteiger partial charge in [-0.25, -0.2) is 0 Å². The smallest absolute Gasteiger partial charge is 0.147 e. The van der Waals surface area contributed by atoms with Crippen LogP contribution >= 0.6 is 47.2 Å². The highest BCUT2D eigenvalue weighted by Gasteiger charge is 1.78. The van der Waals surface area contributed by atoms with E-state index in [1.165, 1.54) is 0 Å². The van der Waals surface area contributed by atoms with E-state index in [1.54, 1.807) is 0 Å². The van der Waals surface area contributed by atoms with Gasteiger partial charge in [0.1, 0.15) is 0 Å². The Balaban J connectivity index is 0. The normalized spacial score (nSPS) is 12.2. The zero-order valence-corrected chi connectivity index (χ0v) is 5.13. The summed E-state index contributed by atoms with van der Waals surface area (Å²) in [6, 6.07) is 0. The number of alkyl halides is 3. The van der Waals surface area contributed by atoms with Crippen molar-refractivity contribution in [3.05, 3.63) is 0 Å². The van der Waals surface area contributed by atoms with Gasteiger partial charge in [0.05, 0.1) is 1.37 Å². The van der Waals surface area contributed by atoms with Crippen LogP contribution < -0.4 is 0 Å². The number of hydrogen-bond acceptors (Lipinski definition) is 0. The van der Waals surface area contributed by atoms with E-state index < -0.39 is 4.27 Å². The van der Waals surface area contributed by atoms with Crippen LogP contribution in [0.15, 0.2) is 0 Å². The van der Waals surface area contributed by atoms with Gasteiger partial charge in [0, 0.05) is 0 Å². The summed E-state index contributed by atoms with van der Waals surface area (Å²) in [5.41, 5.74) is 0. The van der Waals surface area contributed by atoms with Crippen molar-refractivity contribution in [2.75, 3.05) is 0 Å². The lowest BCUT2D eigenvalue weighted by atomic mass is 11.9. The molecule has 0 aromatic rings. The van der Waals surface area contributed by atoms with E-state index in [-0.39, 0.29) is 12.4 Å². The Morgan fingerprint density at radius 3 is 1.40 bits per heavy atom. The number of rotatable bonds is 0. The van der Waals surface area contributed by atoms with E-state index in [0.717, 1.165) is 0 Å². The molecule has 0 bridgehead atoms. The predicted octanol–water partition coefficient (Wildman–Crippen LogP) is 2.41. The van der Waals surface area contributed by atoms with Crippen LogP contribution in [-0.4, -0.2) is 4.27 Å². The Labute approximate surface area is 53.2 Å². The summed E-state index contributed by atoms with van der Waals surface area (Å²) in [7, 11) is 0. The molecule has 0 spiro atoms. The van der Waals surface area contributed by atoms with E-state index in [9.17, 15) is 0 Å². The third kappa shape index (κ3) is 38.3. The van der Waals surface area contributed by atoms with E-state index in [0.29, 0.717) is 0 Å². The molecule has 0 heterocycles. The summed E-state index contributed by atoms with van der Waals surface area (Å²) >= 11 is 14.2. The quantitative estimate of drug-likeness (QED) is 0.473. The first-order chi connectivity index (χ1) is 2.00. The molecule has 5 heavy (non-hydrogen) atoms. The van der Waals surface area contributed by atoms with Gasteiger partial charge < -0.3 is 0 Å². The lowest BCUT2D eigenvalue weighted by molar-refractivity contribution is 1.96. The molecule has 0 radical (unpaired) electrons. The van der Waals surface area contributed by atoms with Crippen molar-refractivity contribution in [2.45, 2.75) is 4.27 Å². The number of hydrogen-bond donors (Lipinski definition) is 0. The van der Waals surface area contributed by atoms with Crippen LogP contribution in [0.5, 0.6) is 0 Å². The van der Waals surface area contributed by atoms with Crippen molar-refractivity contribution < 1.29 is 1.37 Å². The van der Waals surface area contributed by atoms with Crippen molar-refractivity contribution in [3.8, 4) is 0 Å². The molecule has 4 heteroatoms. The van der Waals surface area contributed by atoms with Gasteiger partial charge in [-0.1, -0.05) is 34.8 Å². The Kier molecular flexibility index (Phi) is 6.36. The Morgan fingerprint density at radius 1 is 1.40 bits per heavy atom. The highest BCUT2D eigenvalue weighted by Crippen LogP contribution is 2.03. The zero-order valence-electron chi connectivity index (χ0n) is 3.04. The molecule has 0 fully saturated rings. The molecule has 0 atom stereocenters. The second-order valence-electron chi connectivity index (χ2n) is 0.214. The van der Waals surface area contributed by atoms with Gasteiger partial charge in [-0.05, 0) is 0 Å². The molecule has 0 aliphatic carbocycles. The van der Waals surface area contributed by atoms with Gasteiger partial charge in [0.2, 0.25) is 0 Å². The van der Waals surface area contributed by atoms with Crippen LogP contribution in [0.1, 0.15) is 1.37 Å². The minimum absolute atomic E-state index is 0. The van der Waals surface area contributed by atoms with E-state index >= 15 is 0 Å². The van der Waals surface area contributed by atoms with E-state index in [2.05, 4.69) is 0 Å². The maximum absolute atomic E-state index is 6.23. The summed E-state index contributed by atoms with van der Waals surface area (Å²) in [4.78, 5) is 0. The van der Waals surface area contributed by atoms with Gasteiger partial charge in [-0.3, -0.25) is 0 Å². The molecule has 0 rings (SSSR count). The molecule has 0 aliphatic heterocycles. The molecular formula is CH2Cl4. The van der Waals surface area contributed by atoms with Crippen LogP contribution in [0.2, 0.25) is 0 Å². The fourth-order valence-electron chi connectivity index (χ4n) is 0. The molecule has 0 aromatic carbocycles. The summed E-state index contributed by atoms with van der Waals surface area (Å²) in [6.45, 7) is 0. The molecular weight excluding hydrogens is 154 g/mol. The van der Waals surface area contributed by atoms with Crippen molar-refractivity contribution >= 4 is 47.2 Å². The molecule has 0 unspecified atom stereocenters. The fraction of sp³-hybridized carbons (Fsp3) is 1.00. The molecule has 0 saturated carbocycles. The minimum Gasteiger partial charge on any atom is -0.147 e. The van der Waals surface area contributed by atoms with Gasteiger partial charge in [0.25, 0.3) is 0 Å². The maximum Gasteiger partial charge on any atom is 0.180 e.